The van der Waals surface area contributed by atoms with E-state index in [1.807, 2.05) is 0 Å². The van der Waals surface area contributed by atoms with Gasteiger partial charge in [-0.1, -0.05) is 23.2 Å². The molecule has 0 heterocycles. The van der Waals surface area contributed by atoms with Gasteiger partial charge >= 0.3 is 0 Å². The molecule has 1 aromatic carbocycles. The van der Waals surface area contributed by atoms with Crippen molar-refractivity contribution in [3.8, 4) is 5.75 Å². The maximum absolute atomic E-state index is 6.06. The number of unbranched alkanes of at least 4 members (excludes halogenated alkanes) is 1. The van der Waals surface area contributed by atoms with Crippen LogP contribution in [0.15, 0.2) is 12.1 Å². The summed E-state index contributed by atoms with van der Waals surface area (Å²) in [5.74, 6) is 0.955. The summed E-state index contributed by atoms with van der Waals surface area (Å²) in [4.78, 5) is 0. The molecular formula is C12H15Cl3O2. The van der Waals surface area contributed by atoms with Gasteiger partial charge in [0.15, 0.2) is 0 Å². The van der Waals surface area contributed by atoms with Gasteiger partial charge < -0.3 is 9.47 Å². The molecule has 0 aliphatic carbocycles. The van der Waals surface area contributed by atoms with Crippen LogP contribution in [0.4, 0.5) is 0 Å². The van der Waals surface area contributed by atoms with Crippen LogP contribution in [0.25, 0.3) is 0 Å². The number of hydrogen-bond donors (Lipinski definition) is 0. The number of halogens is 3. The van der Waals surface area contributed by atoms with E-state index in [0.29, 0.717) is 28.3 Å². The summed E-state index contributed by atoms with van der Waals surface area (Å²) in [6.45, 7) is 1.33. The van der Waals surface area contributed by atoms with Crippen molar-refractivity contribution in [1.29, 1.82) is 0 Å². The molecule has 0 aromatic heterocycles. The minimum absolute atomic E-state index is 0.327. The minimum Gasteiger partial charge on any atom is -0.492 e. The van der Waals surface area contributed by atoms with Gasteiger partial charge in [0.25, 0.3) is 0 Å². The highest BCUT2D eigenvalue weighted by Crippen LogP contribution is 2.33. The first-order chi connectivity index (χ1) is 8.19. The van der Waals surface area contributed by atoms with E-state index in [2.05, 4.69) is 0 Å². The SMILES string of the molecule is COCCCCOc1c(Cl)cc(Cl)cc1CCl. The van der Waals surface area contributed by atoms with Crippen LogP contribution in [0.5, 0.6) is 5.75 Å². The lowest BCUT2D eigenvalue weighted by atomic mass is 10.2. The molecule has 0 aliphatic rings. The van der Waals surface area contributed by atoms with Crippen molar-refractivity contribution in [2.45, 2.75) is 18.7 Å². The minimum atomic E-state index is 0.327. The molecule has 0 radical (unpaired) electrons. The fourth-order valence-electron chi connectivity index (χ4n) is 1.40. The van der Waals surface area contributed by atoms with Crippen molar-refractivity contribution in [2.75, 3.05) is 20.3 Å². The van der Waals surface area contributed by atoms with E-state index in [-0.39, 0.29) is 0 Å². The largest absolute Gasteiger partial charge is 0.492 e. The number of benzene rings is 1. The molecule has 0 amide bonds. The molecule has 0 aliphatic heterocycles. The van der Waals surface area contributed by atoms with E-state index in [1.54, 1.807) is 19.2 Å². The fraction of sp³-hybridized carbons (Fsp3) is 0.500. The Bertz CT molecular complexity index is 356. The molecule has 0 atom stereocenters. The second kappa shape index (κ2) is 8.04. The van der Waals surface area contributed by atoms with Crippen LogP contribution in [0.3, 0.4) is 0 Å². The van der Waals surface area contributed by atoms with Gasteiger partial charge in [-0.2, -0.15) is 0 Å². The summed E-state index contributed by atoms with van der Waals surface area (Å²) in [5.41, 5.74) is 0.816. The van der Waals surface area contributed by atoms with Crippen LogP contribution < -0.4 is 4.74 Å². The van der Waals surface area contributed by atoms with Gasteiger partial charge in [0.1, 0.15) is 5.75 Å². The predicted molar refractivity (Wildman–Crippen MR) is 72.6 cm³/mol. The third-order valence-electron chi connectivity index (χ3n) is 2.22. The van der Waals surface area contributed by atoms with Gasteiger partial charge in [-0.15, -0.1) is 11.6 Å². The summed E-state index contributed by atoms with van der Waals surface area (Å²) in [6, 6.07) is 3.43. The van der Waals surface area contributed by atoms with Crippen molar-refractivity contribution < 1.29 is 9.47 Å². The lowest BCUT2D eigenvalue weighted by Crippen LogP contribution is -2.02. The first-order valence-electron chi connectivity index (χ1n) is 5.34. The van der Waals surface area contributed by atoms with Gasteiger partial charge in [0, 0.05) is 24.3 Å². The van der Waals surface area contributed by atoms with Crippen molar-refractivity contribution in [3.63, 3.8) is 0 Å². The molecule has 0 spiro atoms. The Hall–Kier alpha value is -0.150. The fourth-order valence-corrected chi connectivity index (χ4v) is 2.19. The van der Waals surface area contributed by atoms with E-state index in [0.717, 1.165) is 25.0 Å². The smallest absolute Gasteiger partial charge is 0.142 e. The van der Waals surface area contributed by atoms with E-state index in [1.165, 1.54) is 0 Å². The molecule has 1 rings (SSSR count). The van der Waals surface area contributed by atoms with Crippen molar-refractivity contribution >= 4 is 34.8 Å². The Balaban J connectivity index is 2.57. The molecule has 0 fully saturated rings. The normalized spacial score (nSPS) is 10.6. The van der Waals surface area contributed by atoms with Gasteiger partial charge in [-0.25, -0.2) is 0 Å². The summed E-state index contributed by atoms with van der Waals surface area (Å²) >= 11 is 17.8. The topological polar surface area (TPSA) is 18.5 Å². The Labute approximate surface area is 117 Å². The van der Waals surface area contributed by atoms with Crippen molar-refractivity contribution in [2.24, 2.45) is 0 Å². The molecule has 0 bridgehead atoms. The monoisotopic (exact) mass is 296 g/mol. The van der Waals surface area contributed by atoms with Gasteiger partial charge in [0.2, 0.25) is 0 Å². The molecule has 2 nitrogen and oxygen atoms in total. The highest BCUT2D eigenvalue weighted by Gasteiger charge is 2.09. The Morgan fingerprint density at radius 2 is 1.82 bits per heavy atom. The standard InChI is InChI=1S/C12H15Cl3O2/c1-16-4-2-3-5-17-12-9(8-13)6-10(14)7-11(12)15/h6-7H,2-5,8H2,1H3. The highest BCUT2D eigenvalue weighted by atomic mass is 35.5. The van der Waals surface area contributed by atoms with Gasteiger partial charge in [-0.05, 0) is 25.0 Å². The summed E-state index contributed by atoms with van der Waals surface area (Å²) in [5, 5.41) is 1.07. The van der Waals surface area contributed by atoms with Crippen LogP contribution in [0.1, 0.15) is 18.4 Å². The lowest BCUT2D eigenvalue weighted by molar-refractivity contribution is 0.184. The zero-order chi connectivity index (χ0) is 12.7. The second-order valence-electron chi connectivity index (χ2n) is 3.56. The number of alkyl halides is 1. The van der Waals surface area contributed by atoms with Crippen LogP contribution in [-0.2, 0) is 10.6 Å². The molecule has 96 valence electrons. The summed E-state index contributed by atoms with van der Waals surface area (Å²) < 4.78 is 10.6. The molecule has 0 N–H and O–H groups in total. The van der Waals surface area contributed by atoms with E-state index < -0.39 is 0 Å². The maximum atomic E-state index is 6.06. The molecule has 1 aromatic rings. The molecule has 0 saturated heterocycles. The number of rotatable bonds is 7. The lowest BCUT2D eigenvalue weighted by Gasteiger charge is -2.12. The first kappa shape index (κ1) is 14.9. The van der Waals surface area contributed by atoms with E-state index in [4.69, 9.17) is 44.3 Å². The van der Waals surface area contributed by atoms with Crippen LogP contribution in [0, 0.1) is 0 Å². The molecule has 17 heavy (non-hydrogen) atoms. The number of hydrogen-bond acceptors (Lipinski definition) is 2. The van der Waals surface area contributed by atoms with E-state index >= 15 is 0 Å². The predicted octanol–water partition coefficient (Wildman–Crippen LogP) is 4.54. The van der Waals surface area contributed by atoms with Gasteiger partial charge in [-0.3, -0.25) is 0 Å². The molecular weight excluding hydrogens is 282 g/mol. The molecule has 5 heteroatoms. The second-order valence-corrected chi connectivity index (χ2v) is 4.67. The van der Waals surface area contributed by atoms with Crippen LogP contribution in [-0.4, -0.2) is 20.3 Å². The van der Waals surface area contributed by atoms with Gasteiger partial charge in [0.05, 0.1) is 17.5 Å². The average Bonchev–Trinajstić information content (AvgIpc) is 2.30. The third kappa shape index (κ3) is 4.92. The van der Waals surface area contributed by atoms with E-state index in [9.17, 15) is 0 Å². The summed E-state index contributed by atoms with van der Waals surface area (Å²) in [7, 11) is 1.68. The Morgan fingerprint density at radius 1 is 1.12 bits per heavy atom. The number of ether oxygens (including phenoxy) is 2. The third-order valence-corrected chi connectivity index (χ3v) is 3.01. The van der Waals surface area contributed by atoms with Crippen LogP contribution >= 0.6 is 34.8 Å². The first-order valence-corrected chi connectivity index (χ1v) is 6.63. The zero-order valence-corrected chi connectivity index (χ0v) is 11.9. The maximum Gasteiger partial charge on any atom is 0.142 e. The van der Waals surface area contributed by atoms with Crippen molar-refractivity contribution in [1.82, 2.24) is 0 Å². The summed E-state index contributed by atoms with van der Waals surface area (Å²) in [6.07, 6.45) is 1.87. The van der Waals surface area contributed by atoms with Crippen molar-refractivity contribution in [3.05, 3.63) is 27.7 Å². The Kier molecular flexibility index (Phi) is 7.05. The number of methoxy groups -OCH3 is 1. The Morgan fingerprint density at radius 3 is 2.47 bits per heavy atom. The molecule has 0 saturated carbocycles. The van der Waals surface area contributed by atoms with Crippen LogP contribution in [0.2, 0.25) is 10.0 Å². The average molecular weight is 298 g/mol. The zero-order valence-electron chi connectivity index (χ0n) is 9.64. The molecule has 0 unspecified atom stereocenters. The quantitative estimate of drug-likeness (QED) is 0.543. The highest BCUT2D eigenvalue weighted by molar-refractivity contribution is 6.35.